The van der Waals surface area contributed by atoms with Gasteiger partial charge in [-0.15, -0.1) is 11.8 Å². The molecule has 1 N–H and O–H groups in total. The van der Waals surface area contributed by atoms with Crippen molar-refractivity contribution in [3.05, 3.63) is 30.3 Å². The van der Waals surface area contributed by atoms with E-state index in [4.69, 9.17) is 0 Å². The second-order valence-electron chi connectivity index (χ2n) is 9.98. The van der Waals surface area contributed by atoms with Gasteiger partial charge in [-0.1, -0.05) is 18.2 Å². The molecule has 1 aromatic rings. The molecule has 6 rings (SSSR count). The summed E-state index contributed by atoms with van der Waals surface area (Å²) in [6.45, 7) is 2.18. The topological polar surface area (TPSA) is 66.5 Å². The number of hydrogen-bond donors (Lipinski definition) is 1. The summed E-state index contributed by atoms with van der Waals surface area (Å²) in [5.74, 6) is 2.39. The summed E-state index contributed by atoms with van der Waals surface area (Å²) in [6.07, 6.45) is 8.12. The number of nitrogens with zero attached hydrogens (tertiary/aromatic N) is 1. The Balaban J connectivity index is 1.16. The molecule has 4 saturated carbocycles. The first-order valence-corrected chi connectivity index (χ1v) is 12.3. The quantitative estimate of drug-likeness (QED) is 0.703. The largest absolute Gasteiger partial charge is 0.352 e. The van der Waals surface area contributed by atoms with Crippen molar-refractivity contribution in [3.8, 4) is 0 Å². The van der Waals surface area contributed by atoms with Crippen LogP contribution in [-0.2, 0) is 14.4 Å². The van der Waals surface area contributed by atoms with Crippen LogP contribution in [0.25, 0.3) is 0 Å². The van der Waals surface area contributed by atoms with Crippen LogP contribution in [0.15, 0.2) is 30.3 Å². The molecule has 5 nitrogen and oxygen atoms in total. The maximum Gasteiger partial charge on any atom is 0.247 e. The SMILES string of the molecule is C[C@@H](NC(=O)CS[C@H]1CC(=O)N(c2ccccc2)C1=O)C12CC3CC(CC(C3)C1)C2. The van der Waals surface area contributed by atoms with Crippen molar-refractivity contribution in [1.82, 2.24) is 5.32 Å². The lowest BCUT2D eigenvalue weighted by atomic mass is 9.48. The van der Waals surface area contributed by atoms with Gasteiger partial charge in [0.25, 0.3) is 0 Å². The molecule has 6 heteroatoms. The number of amides is 3. The first kappa shape index (κ1) is 20.1. The van der Waals surface area contributed by atoms with E-state index in [0.29, 0.717) is 5.69 Å². The van der Waals surface area contributed by atoms with E-state index in [1.54, 1.807) is 12.1 Å². The zero-order valence-electron chi connectivity index (χ0n) is 17.5. The van der Waals surface area contributed by atoms with Crippen molar-refractivity contribution in [1.29, 1.82) is 0 Å². The van der Waals surface area contributed by atoms with Crippen molar-refractivity contribution in [2.24, 2.45) is 23.2 Å². The number of benzene rings is 1. The highest BCUT2D eigenvalue weighted by molar-refractivity contribution is 8.01. The van der Waals surface area contributed by atoms with Crippen LogP contribution in [0, 0.1) is 23.2 Å². The molecule has 1 aliphatic heterocycles. The Morgan fingerprint density at radius 1 is 1.10 bits per heavy atom. The number of imide groups is 1. The highest BCUT2D eigenvalue weighted by atomic mass is 32.2. The van der Waals surface area contributed by atoms with Crippen LogP contribution in [0.2, 0.25) is 0 Å². The van der Waals surface area contributed by atoms with Gasteiger partial charge in [0.1, 0.15) is 0 Å². The van der Waals surface area contributed by atoms with E-state index in [-0.39, 0.29) is 41.4 Å². The fraction of sp³-hybridized carbons (Fsp3) is 0.625. The van der Waals surface area contributed by atoms with E-state index in [2.05, 4.69) is 12.2 Å². The minimum absolute atomic E-state index is 0.0124. The molecule has 1 heterocycles. The van der Waals surface area contributed by atoms with E-state index in [9.17, 15) is 14.4 Å². The monoisotopic (exact) mass is 426 g/mol. The van der Waals surface area contributed by atoms with Gasteiger partial charge in [-0.2, -0.15) is 0 Å². The van der Waals surface area contributed by atoms with Gasteiger partial charge in [0.2, 0.25) is 17.7 Å². The third-order valence-electron chi connectivity index (χ3n) is 7.92. The Labute approximate surface area is 182 Å². The zero-order valence-corrected chi connectivity index (χ0v) is 18.3. The van der Waals surface area contributed by atoms with E-state index in [1.165, 1.54) is 55.2 Å². The number of hydrogen-bond acceptors (Lipinski definition) is 4. The molecule has 1 aromatic carbocycles. The predicted octanol–water partition coefficient (Wildman–Crippen LogP) is 3.77. The number of anilines is 1. The van der Waals surface area contributed by atoms with Crippen molar-refractivity contribution < 1.29 is 14.4 Å². The average Bonchev–Trinajstić information content (AvgIpc) is 2.99. The summed E-state index contributed by atoms with van der Waals surface area (Å²) in [6, 6.07) is 9.20. The van der Waals surface area contributed by atoms with Crippen LogP contribution in [0.4, 0.5) is 5.69 Å². The maximum atomic E-state index is 12.7. The highest BCUT2D eigenvalue weighted by Crippen LogP contribution is 2.61. The molecule has 5 fully saturated rings. The molecule has 5 aliphatic rings. The zero-order chi connectivity index (χ0) is 20.9. The molecule has 0 radical (unpaired) electrons. The molecule has 2 atom stereocenters. The minimum Gasteiger partial charge on any atom is -0.352 e. The summed E-state index contributed by atoms with van der Waals surface area (Å²) < 4.78 is 0. The van der Waals surface area contributed by atoms with Gasteiger partial charge in [0.05, 0.1) is 16.7 Å². The summed E-state index contributed by atoms with van der Waals surface area (Å²) in [5.41, 5.74) is 0.883. The van der Waals surface area contributed by atoms with Gasteiger partial charge < -0.3 is 5.32 Å². The number of carbonyl (C=O) groups is 3. The van der Waals surface area contributed by atoms with E-state index >= 15 is 0 Å². The minimum atomic E-state index is -0.474. The maximum absolute atomic E-state index is 12.7. The second kappa shape index (κ2) is 7.70. The third-order valence-corrected chi connectivity index (χ3v) is 9.12. The first-order chi connectivity index (χ1) is 14.4. The van der Waals surface area contributed by atoms with Crippen LogP contribution >= 0.6 is 11.8 Å². The smallest absolute Gasteiger partial charge is 0.247 e. The fourth-order valence-electron chi connectivity index (χ4n) is 6.90. The lowest BCUT2D eigenvalue weighted by Gasteiger charge is -2.59. The second-order valence-corrected chi connectivity index (χ2v) is 11.2. The van der Waals surface area contributed by atoms with Crippen LogP contribution < -0.4 is 10.2 Å². The van der Waals surface area contributed by atoms with E-state index < -0.39 is 5.25 Å². The van der Waals surface area contributed by atoms with Crippen molar-refractivity contribution >= 4 is 35.2 Å². The third kappa shape index (κ3) is 3.57. The van der Waals surface area contributed by atoms with Crippen molar-refractivity contribution in [2.45, 2.75) is 63.2 Å². The molecule has 0 spiro atoms. The van der Waals surface area contributed by atoms with Gasteiger partial charge in [-0.25, -0.2) is 4.90 Å². The highest BCUT2D eigenvalue weighted by Gasteiger charge is 2.53. The molecule has 4 bridgehead atoms. The summed E-state index contributed by atoms with van der Waals surface area (Å²) in [4.78, 5) is 39.1. The van der Waals surface area contributed by atoms with Crippen LogP contribution in [-0.4, -0.2) is 34.8 Å². The number of carbonyl (C=O) groups excluding carboxylic acids is 3. The summed E-state index contributed by atoms with van der Waals surface area (Å²) in [7, 11) is 0. The molecule has 30 heavy (non-hydrogen) atoms. The normalized spacial score (nSPS) is 35.7. The molecular weight excluding hydrogens is 396 g/mol. The summed E-state index contributed by atoms with van der Waals surface area (Å²) in [5, 5.41) is 2.79. The number of para-hydroxylation sites is 1. The van der Waals surface area contributed by atoms with Gasteiger partial charge >= 0.3 is 0 Å². The Morgan fingerprint density at radius 2 is 1.70 bits per heavy atom. The Hall–Kier alpha value is -1.82. The Kier molecular flexibility index (Phi) is 5.16. The lowest BCUT2D eigenvalue weighted by Crippen LogP contribution is -2.56. The fourth-order valence-corrected chi connectivity index (χ4v) is 7.85. The van der Waals surface area contributed by atoms with Crippen LogP contribution in [0.5, 0.6) is 0 Å². The van der Waals surface area contributed by atoms with Gasteiger partial charge in [-0.3, -0.25) is 14.4 Å². The first-order valence-electron chi connectivity index (χ1n) is 11.3. The van der Waals surface area contributed by atoms with Crippen LogP contribution in [0.3, 0.4) is 0 Å². The Bertz CT molecular complexity index is 820. The molecule has 160 valence electrons. The van der Waals surface area contributed by atoms with Gasteiger partial charge in [0.15, 0.2) is 0 Å². The molecule has 0 unspecified atom stereocenters. The van der Waals surface area contributed by atoms with Crippen molar-refractivity contribution in [3.63, 3.8) is 0 Å². The lowest BCUT2D eigenvalue weighted by molar-refractivity contribution is -0.123. The molecule has 3 amide bonds. The number of rotatable bonds is 6. The van der Waals surface area contributed by atoms with Crippen LogP contribution in [0.1, 0.15) is 51.9 Å². The predicted molar refractivity (Wildman–Crippen MR) is 118 cm³/mol. The number of nitrogens with one attached hydrogen (secondary N) is 1. The standard InChI is InChI=1S/C24H30N2O3S/c1-15(24-11-16-7-17(12-24)9-18(8-16)13-24)25-21(27)14-30-20-10-22(28)26(23(20)29)19-5-3-2-4-6-19/h2-6,15-18,20H,7-14H2,1H3,(H,25,27)/t15-,16?,17?,18?,20+,24?/m1/s1. The molecule has 4 aliphatic carbocycles. The van der Waals surface area contributed by atoms with Gasteiger partial charge in [0, 0.05) is 12.5 Å². The van der Waals surface area contributed by atoms with Gasteiger partial charge in [-0.05, 0) is 80.8 Å². The molecule has 0 aromatic heterocycles. The molecule has 1 saturated heterocycles. The van der Waals surface area contributed by atoms with E-state index in [0.717, 1.165) is 17.8 Å². The molecular formula is C24H30N2O3S. The van der Waals surface area contributed by atoms with E-state index in [1.807, 2.05) is 18.2 Å². The van der Waals surface area contributed by atoms with Crippen molar-refractivity contribution in [2.75, 3.05) is 10.7 Å². The average molecular weight is 427 g/mol. The summed E-state index contributed by atoms with van der Waals surface area (Å²) >= 11 is 1.30. The number of thioether (sulfide) groups is 1. The Morgan fingerprint density at radius 3 is 2.30 bits per heavy atom.